The van der Waals surface area contributed by atoms with Gasteiger partial charge in [-0.1, -0.05) is 17.7 Å². The van der Waals surface area contributed by atoms with E-state index in [1.54, 1.807) is 0 Å². The summed E-state index contributed by atoms with van der Waals surface area (Å²) >= 11 is 6.05. The van der Waals surface area contributed by atoms with Gasteiger partial charge < -0.3 is 5.32 Å². The van der Waals surface area contributed by atoms with Crippen LogP contribution in [0.1, 0.15) is 18.2 Å². The van der Waals surface area contributed by atoms with E-state index in [1.807, 2.05) is 35.9 Å². The standard InChI is InChI=1S/C13H16ClN3/c1-4-15-13-16-10(3)8-17(13)12-7-11(14)6-5-9(12)2/h5-8H,4H2,1-3H3,(H,15,16). The van der Waals surface area contributed by atoms with E-state index >= 15 is 0 Å². The summed E-state index contributed by atoms with van der Waals surface area (Å²) in [7, 11) is 0. The third-order valence-corrected chi connectivity index (χ3v) is 2.83. The van der Waals surface area contributed by atoms with Crippen LogP contribution < -0.4 is 5.32 Å². The molecule has 0 aliphatic carbocycles. The Balaban J connectivity index is 2.55. The molecule has 4 heteroatoms. The van der Waals surface area contributed by atoms with E-state index in [2.05, 4.69) is 24.1 Å². The lowest BCUT2D eigenvalue weighted by Gasteiger charge is -2.11. The first-order chi connectivity index (χ1) is 8.11. The molecule has 3 nitrogen and oxygen atoms in total. The Hall–Kier alpha value is -1.48. The van der Waals surface area contributed by atoms with Crippen molar-refractivity contribution in [3.05, 3.63) is 40.7 Å². The topological polar surface area (TPSA) is 29.9 Å². The normalized spacial score (nSPS) is 10.6. The van der Waals surface area contributed by atoms with E-state index < -0.39 is 0 Å². The number of halogens is 1. The van der Waals surface area contributed by atoms with Crippen molar-refractivity contribution in [1.82, 2.24) is 9.55 Å². The van der Waals surface area contributed by atoms with E-state index in [1.165, 1.54) is 5.56 Å². The minimum atomic E-state index is 0.736. The monoisotopic (exact) mass is 249 g/mol. The van der Waals surface area contributed by atoms with Crippen LogP contribution in [0.4, 0.5) is 5.95 Å². The van der Waals surface area contributed by atoms with Gasteiger partial charge in [-0.15, -0.1) is 0 Å². The van der Waals surface area contributed by atoms with Gasteiger partial charge >= 0.3 is 0 Å². The molecule has 0 spiro atoms. The Morgan fingerprint density at radius 1 is 1.35 bits per heavy atom. The van der Waals surface area contributed by atoms with Crippen LogP contribution >= 0.6 is 11.6 Å². The fourth-order valence-corrected chi connectivity index (χ4v) is 1.97. The predicted molar refractivity (Wildman–Crippen MR) is 72.2 cm³/mol. The summed E-state index contributed by atoms with van der Waals surface area (Å²) in [5.74, 6) is 0.857. The summed E-state index contributed by atoms with van der Waals surface area (Å²) < 4.78 is 2.04. The highest BCUT2D eigenvalue weighted by molar-refractivity contribution is 6.30. The van der Waals surface area contributed by atoms with E-state index in [0.29, 0.717) is 0 Å². The first-order valence-corrected chi connectivity index (χ1v) is 6.06. The molecule has 0 bridgehead atoms. The van der Waals surface area contributed by atoms with Crippen molar-refractivity contribution in [2.24, 2.45) is 0 Å². The molecule has 0 fully saturated rings. The van der Waals surface area contributed by atoms with Gasteiger partial charge in [0.05, 0.1) is 11.4 Å². The number of anilines is 1. The molecular formula is C13H16ClN3. The number of imidazole rings is 1. The zero-order chi connectivity index (χ0) is 12.4. The summed E-state index contributed by atoms with van der Waals surface area (Å²) in [6, 6.07) is 5.87. The summed E-state index contributed by atoms with van der Waals surface area (Å²) in [5, 5.41) is 3.99. The highest BCUT2D eigenvalue weighted by atomic mass is 35.5. The van der Waals surface area contributed by atoms with Gasteiger partial charge in [-0.2, -0.15) is 0 Å². The first-order valence-electron chi connectivity index (χ1n) is 5.68. The number of rotatable bonds is 3. The summed E-state index contributed by atoms with van der Waals surface area (Å²) in [5.41, 5.74) is 3.22. The minimum absolute atomic E-state index is 0.736. The van der Waals surface area contributed by atoms with Gasteiger partial charge in [0, 0.05) is 17.8 Å². The van der Waals surface area contributed by atoms with Crippen molar-refractivity contribution in [2.75, 3.05) is 11.9 Å². The van der Waals surface area contributed by atoms with Gasteiger partial charge in [-0.05, 0) is 38.5 Å². The summed E-state index contributed by atoms with van der Waals surface area (Å²) in [6.45, 7) is 6.95. The minimum Gasteiger partial charge on any atom is -0.356 e. The molecule has 1 N–H and O–H groups in total. The fourth-order valence-electron chi connectivity index (χ4n) is 1.81. The van der Waals surface area contributed by atoms with Crippen LogP contribution in [0.15, 0.2) is 24.4 Å². The molecule has 0 atom stereocenters. The Bertz CT molecular complexity index is 531. The van der Waals surface area contributed by atoms with Crippen molar-refractivity contribution >= 4 is 17.5 Å². The van der Waals surface area contributed by atoms with Gasteiger partial charge in [-0.25, -0.2) is 4.98 Å². The molecule has 0 aliphatic heterocycles. The Morgan fingerprint density at radius 2 is 2.12 bits per heavy atom. The van der Waals surface area contributed by atoms with Crippen LogP contribution in [0.3, 0.4) is 0 Å². The molecule has 0 radical (unpaired) electrons. The molecule has 0 saturated carbocycles. The van der Waals surface area contributed by atoms with E-state index in [-0.39, 0.29) is 0 Å². The molecule has 1 aromatic carbocycles. The summed E-state index contributed by atoms with van der Waals surface area (Å²) in [6.07, 6.45) is 2.01. The average molecular weight is 250 g/mol. The molecule has 0 aliphatic rings. The number of nitrogens with one attached hydrogen (secondary N) is 1. The molecule has 2 aromatic rings. The lowest BCUT2D eigenvalue weighted by Crippen LogP contribution is -2.05. The maximum atomic E-state index is 6.05. The fraction of sp³-hybridized carbons (Fsp3) is 0.308. The molecule has 0 saturated heterocycles. The molecule has 1 aromatic heterocycles. The number of hydrogen-bond donors (Lipinski definition) is 1. The zero-order valence-electron chi connectivity index (χ0n) is 10.3. The van der Waals surface area contributed by atoms with Crippen molar-refractivity contribution in [3.8, 4) is 5.69 Å². The smallest absolute Gasteiger partial charge is 0.207 e. The molecule has 17 heavy (non-hydrogen) atoms. The number of aromatic nitrogens is 2. The molecule has 1 heterocycles. The molecule has 2 rings (SSSR count). The van der Waals surface area contributed by atoms with Crippen LogP contribution in [0.5, 0.6) is 0 Å². The maximum absolute atomic E-state index is 6.05. The van der Waals surface area contributed by atoms with Crippen LogP contribution in [0.25, 0.3) is 5.69 Å². The second kappa shape index (κ2) is 4.80. The van der Waals surface area contributed by atoms with Crippen molar-refractivity contribution < 1.29 is 0 Å². The number of nitrogens with zero attached hydrogens (tertiary/aromatic N) is 2. The molecular weight excluding hydrogens is 234 g/mol. The van der Waals surface area contributed by atoms with Gasteiger partial charge in [0.2, 0.25) is 5.95 Å². The van der Waals surface area contributed by atoms with Gasteiger partial charge in [0.15, 0.2) is 0 Å². The molecule has 0 amide bonds. The molecule has 0 unspecified atom stereocenters. The largest absolute Gasteiger partial charge is 0.356 e. The lowest BCUT2D eigenvalue weighted by molar-refractivity contribution is 1.01. The first kappa shape index (κ1) is 12.0. The lowest BCUT2D eigenvalue weighted by atomic mass is 10.2. The summed E-state index contributed by atoms with van der Waals surface area (Å²) in [4.78, 5) is 4.46. The predicted octanol–water partition coefficient (Wildman–Crippen LogP) is 3.57. The van der Waals surface area contributed by atoms with Gasteiger partial charge in [0.25, 0.3) is 0 Å². The highest BCUT2D eigenvalue weighted by Crippen LogP contribution is 2.23. The van der Waals surface area contributed by atoms with E-state index in [0.717, 1.165) is 28.9 Å². The quantitative estimate of drug-likeness (QED) is 0.901. The van der Waals surface area contributed by atoms with Crippen LogP contribution in [0.2, 0.25) is 5.02 Å². The van der Waals surface area contributed by atoms with E-state index in [4.69, 9.17) is 11.6 Å². The maximum Gasteiger partial charge on any atom is 0.207 e. The number of hydrogen-bond acceptors (Lipinski definition) is 2. The third kappa shape index (κ3) is 2.44. The molecule has 90 valence electrons. The van der Waals surface area contributed by atoms with Crippen molar-refractivity contribution in [3.63, 3.8) is 0 Å². The van der Waals surface area contributed by atoms with Crippen molar-refractivity contribution in [2.45, 2.75) is 20.8 Å². The van der Waals surface area contributed by atoms with Crippen LogP contribution in [-0.2, 0) is 0 Å². The van der Waals surface area contributed by atoms with Crippen molar-refractivity contribution in [1.29, 1.82) is 0 Å². The van der Waals surface area contributed by atoms with Crippen LogP contribution in [-0.4, -0.2) is 16.1 Å². The second-order valence-corrected chi connectivity index (χ2v) is 4.47. The Labute approximate surface area is 106 Å². The van der Waals surface area contributed by atoms with Crippen LogP contribution in [0, 0.1) is 13.8 Å². The SMILES string of the molecule is CCNc1nc(C)cn1-c1cc(Cl)ccc1C. The zero-order valence-corrected chi connectivity index (χ0v) is 11.0. The highest BCUT2D eigenvalue weighted by Gasteiger charge is 2.09. The third-order valence-electron chi connectivity index (χ3n) is 2.59. The Kier molecular flexibility index (Phi) is 3.38. The van der Waals surface area contributed by atoms with E-state index in [9.17, 15) is 0 Å². The average Bonchev–Trinajstić information content (AvgIpc) is 2.64. The van der Waals surface area contributed by atoms with Gasteiger partial charge in [0.1, 0.15) is 0 Å². The Morgan fingerprint density at radius 3 is 2.82 bits per heavy atom. The second-order valence-electron chi connectivity index (χ2n) is 4.04. The number of benzene rings is 1. The number of aryl methyl sites for hydroxylation is 2. The van der Waals surface area contributed by atoms with Gasteiger partial charge in [-0.3, -0.25) is 4.57 Å².